The van der Waals surface area contributed by atoms with Crippen molar-refractivity contribution in [2.45, 2.75) is 0 Å². The maximum Gasteiger partial charge on any atom is 0.271 e. The Kier molecular flexibility index (Phi) is 5.90. The molecular weight excluding hydrogens is 396 g/mol. The number of hydrogen-bond acceptors (Lipinski definition) is 2. The van der Waals surface area contributed by atoms with E-state index < -0.39 is 0 Å². The van der Waals surface area contributed by atoms with Gasteiger partial charge in [0.1, 0.15) is 0 Å². The lowest BCUT2D eigenvalue weighted by Gasteiger charge is -1.99. The normalized spacial score (nSPS) is 11.6. The highest BCUT2D eigenvalue weighted by molar-refractivity contribution is 9.12. The standard InChI is InChI=1S/C16H12Br2N2O/c17-14-8-6-13(7-9-14)16(21)20-19-11-15(18)10-12-4-2-1-3-5-12/h1-11H,(H,20,21). The van der Waals surface area contributed by atoms with Crippen molar-refractivity contribution < 1.29 is 4.79 Å². The van der Waals surface area contributed by atoms with Crippen LogP contribution in [0.5, 0.6) is 0 Å². The van der Waals surface area contributed by atoms with Crippen molar-refractivity contribution in [1.82, 2.24) is 5.43 Å². The van der Waals surface area contributed by atoms with Crippen molar-refractivity contribution in [1.29, 1.82) is 0 Å². The second-order valence-corrected chi connectivity index (χ2v) is 5.98. The molecule has 0 spiro atoms. The largest absolute Gasteiger partial charge is 0.271 e. The number of nitrogens with one attached hydrogen (secondary N) is 1. The lowest BCUT2D eigenvalue weighted by Crippen LogP contribution is -2.17. The van der Waals surface area contributed by atoms with Gasteiger partial charge >= 0.3 is 0 Å². The summed E-state index contributed by atoms with van der Waals surface area (Å²) < 4.78 is 1.70. The van der Waals surface area contributed by atoms with E-state index >= 15 is 0 Å². The molecule has 2 aromatic carbocycles. The van der Waals surface area contributed by atoms with Crippen molar-refractivity contribution in [3.63, 3.8) is 0 Å². The molecule has 0 saturated heterocycles. The van der Waals surface area contributed by atoms with Gasteiger partial charge in [-0.25, -0.2) is 5.43 Å². The van der Waals surface area contributed by atoms with Crippen molar-refractivity contribution in [2.24, 2.45) is 5.10 Å². The van der Waals surface area contributed by atoms with Crippen LogP contribution >= 0.6 is 31.9 Å². The fraction of sp³-hybridized carbons (Fsp3) is 0. The van der Waals surface area contributed by atoms with Crippen molar-refractivity contribution in [3.8, 4) is 0 Å². The first-order valence-corrected chi connectivity index (χ1v) is 7.75. The summed E-state index contributed by atoms with van der Waals surface area (Å²) in [6, 6.07) is 16.9. The monoisotopic (exact) mass is 406 g/mol. The minimum absolute atomic E-state index is 0.251. The highest BCUT2D eigenvalue weighted by atomic mass is 79.9. The summed E-state index contributed by atoms with van der Waals surface area (Å²) in [6.07, 6.45) is 3.46. The molecule has 1 amide bonds. The molecule has 0 aliphatic carbocycles. The van der Waals surface area contributed by atoms with Gasteiger partial charge in [-0.2, -0.15) is 5.10 Å². The van der Waals surface area contributed by atoms with Gasteiger partial charge in [0.15, 0.2) is 0 Å². The Morgan fingerprint density at radius 3 is 2.38 bits per heavy atom. The smallest absolute Gasteiger partial charge is 0.267 e. The average Bonchev–Trinajstić information content (AvgIpc) is 2.49. The van der Waals surface area contributed by atoms with Crippen molar-refractivity contribution >= 4 is 50.1 Å². The summed E-state index contributed by atoms with van der Waals surface area (Å²) >= 11 is 6.71. The fourth-order valence-corrected chi connectivity index (χ4v) is 2.20. The predicted octanol–water partition coefficient (Wildman–Crippen LogP) is 4.60. The second-order valence-electron chi connectivity index (χ2n) is 4.15. The molecule has 0 heterocycles. The van der Waals surface area contributed by atoms with Gasteiger partial charge in [0.05, 0.1) is 6.21 Å². The quantitative estimate of drug-likeness (QED) is 0.583. The molecule has 0 aromatic heterocycles. The van der Waals surface area contributed by atoms with Gasteiger partial charge in [0.2, 0.25) is 0 Å². The molecule has 0 fully saturated rings. The molecule has 21 heavy (non-hydrogen) atoms. The van der Waals surface area contributed by atoms with E-state index in [0.29, 0.717) is 5.56 Å². The van der Waals surface area contributed by atoms with Gasteiger partial charge in [-0.15, -0.1) is 0 Å². The van der Waals surface area contributed by atoms with Gasteiger partial charge in [-0.3, -0.25) is 4.79 Å². The maximum atomic E-state index is 11.8. The molecule has 0 atom stereocenters. The third-order valence-electron chi connectivity index (χ3n) is 2.56. The Labute approximate surface area is 140 Å². The topological polar surface area (TPSA) is 41.5 Å². The number of nitrogens with zero attached hydrogens (tertiary/aromatic N) is 1. The SMILES string of the molecule is O=C(NN=CC(Br)=Cc1ccccc1)c1ccc(Br)cc1. The molecule has 2 rings (SSSR count). The highest BCUT2D eigenvalue weighted by Crippen LogP contribution is 2.11. The molecule has 5 heteroatoms. The van der Waals surface area contributed by atoms with Crippen LogP contribution in [0.2, 0.25) is 0 Å². The summed E-state index contributed by atoms with van der Waals surface area (Å²) in [4.78, 5) is 11.8. The number of hydrazone groups is 1. The van der Waals surface area contributed by atoms with Gasteiger partial charge in [0, 0.05) is 14.5 Å². The Morgan fingerprint density at radius 1 is 1.05 bits per heavy atom. The Balaban J connectivity index is 1.94. The zero-order valence-corrected chi connectivity index (χ0v) is 14.1. The van der Waals surface area contributed by atoms with Crippen LogP contribution in [-0.4, -0.2) is 12.1 Å². The lowest BCUT2D eigenvalue weighted by molar-refractivity contribution is 0.0955. The van der Waals surface area contributed by atoms with E-state index in [1.54, 1.807) is 18.3 Å². The van der Waals surface area contributed by atoms with E-state index in [9.17, 15) is 4.79 Å². The summed E-state index contributed by atoms with van der Waals surface area (Å²) in [5.41, 5.74) is 4.08. The number of allylic oxidation sites excluding steroid dienone is 1. The molecule has 2 aromatic rings. The van der Waals surface area contributed by atoms with E-state index in [-0.39, 0.29) is 5.91 Å². The number of rotatable bonds is 4. The van der Waals surface area contributed by atoms with E-state index in [0.717, 1.165) is 14.5 Å². The summed E-state index contributed by atoms with van der Waals surface area (Å²) in [5, 5.41) is 3.91. The van der Waals surface area contributed by atoms with Crippen LogP contribution in [-0.2, 0) is 0 Å². The Bertz CT molecular complexity index is 664. The van der Waals surface area contributed by atoms with Crippen LogP contribution in [0.4, 0.5) is 0 Å². The van der Waals surface area contributed by atoms with Crippen LogP contribution in [0.25, 0.3) is 6.08 Å². The fourth-order valence-electron chi connectivity index (χ4n) is 1.56. The van der Waals surface area contributed by atoms with Crippen molar-refractivity contribution in [2.75, 3.05) is 0 Å². The maximum absolute atomic E-state index is 11.8. The van der Waals surface area contributed by atoms with E-state index in [4.69, 9.17) is 0 Å². The average molecular weight is 408 g/mol. The summed E-state index contributed by atoms with van der Waals surface area (Å²) in [6.45, 7) is 0. The number of benzene rings is 2. The van der Waals surface area contributed by atoms with E-state index in [1.807, 2.05) is 48.5 Å². The third-order valence-corrected chi connectivity index (χ3v) is 3.53. The van der Waals surface area contributed by atoms with Gasteiger partial charge < -0.3 is 0 Å². The Hall–Kier alpha value is -1.72. The van der Waals surface area contributed by atoms with E-state index in [1.165, 1.54) is 0 Å². The first kappa shape index (κ1) is 15.7. The number of carbonyl (C=O) groups is 1. The van der Waals surface area contributed by atoms with Crippen LogP contribution < -0.4 is 5.43 Å². The van der Waals surface area contributed by atoms with Gasteiger partial charge in [0.25, 0.3) is 5.91 Å². The highest BCUT2D eigenvalue weighted by Gasteiger charge is 2.02. The van der Waals surface area contributed by atoms with Gasteiger partial charge in [-0.05, 0) is 51.8 Å². The molecule has 3 nitrogen and oxygen atoms in total. The second kappa shape index (κ2) is 7.90. The number of hydrogen-bond donors (Lipinski definition) is 1. The molecule has 0 radical (unpaired) electrons. The van der Waals surface area contributed by atoms with Crippen LogP contribution in [0.15, 0.2) is 68.7 Å². The first-order chi connectivity index (χ1) is 10.1. The number of halogens is 2. The predicted molar refractivity (Wildman–Crippen MR) is 93.4 cm³/mol. The van der Waals surface area contributed by atoms with Crippen LogP contribution in [0.1, 0.15) is 15.9 Å². The minimum Gasteiger partial charge on any atom is -0.267 e. The molecular formula is C16H12Br2N2O. The van der Waals surface area contributed by atoms with E-state index in [2.05, 4.69) is 42.4 Å². The zero-order valence-electron chi connectivity index (χ0n) is 11.0. The van der Waals surface area contributed by atoms with Crippen LogP contribution in [0.3, 0.4) is 0 Å². The van der Waals surface area contributed by atoms with Crippen molar-refractivity contribution in [3.05, 3.63) is 74.7 Å². The molecule has 0 aliphatic heterocycles. The number of amides is 1. The number of carbonyl (C=O) groups excluding carboxylic acids is 1. The van der Waals surface area contributed by atoms with Crippen LogP contribution in [0, 0.1) is 0 Å². The molecule has 0 unspecified atom stereocenters. The Morgan fingerprint density at radius 2 is 1.71 bits per heavy atom. The lowest BCUT2D eigenvalue weighted by atomic mass is 10.2. The molecule has 0 bridgehead atoms. The molecule has 1 N–H and O–H groups in total. The molecule has 0 aliphatic rings. The molecule has 0 saturated carbocycles. The molecule has 106 valence electrons. The zero-order chi connectivity index (χ0) is 15.1. The summed E-state index contributed by atoms with van der Waals surface area (Å²) in [5.74, 6) is -0.251. The first-order valence-electron chi connectivity index (χ1n) is 6.16. The minimum atomic E-state index is -0.251. The van der Waals surface area contributed by atoms with Gasteiger partial charge in [-0.1, -0.05) is 46.3 Å². The third kappa shape index (κ3) is 5.28. The summed E-state index contributed by atoms with van der Waals surface area (Å²) in [7, 11) is 0.